The molecule has 1 saturated heterocycles. The lowest BCUT2D eigenvalue weighted by molar-refractivity contribution is -0.140. The molecule has 1 aromatic carbocycles. The largest absolute Gasteiger partial charge is 0.382 e. The predicted molar refractivity (Wildman–Crippen MR) is 131 cm³/mol. The number of carbonyl (C=O) groups excluding carboxylic acids is 1. The molecule has 3 aromatic heterocycles. The number of pyridine rings is 1. The van der Waals surface area contributed by atoms with Gasteiger partial charge in [0.15, 0.2) is 15.7 Å². The molecule has 1 unspecified atom stereocenters. The molecule has 0 bridgehead atoms. The summed E-state index contributed by atoms with van der Waals surface area (Å²) in [7, 11) is 0. The summed E-state index contributed by atoms with van der Waals surface area (Å²) >= 11 is 2.87. The van der Waals surface area contributed by atoms with E-state index in [1.165, 1.54) is 16.2 Å². The zero-order chi connectivity index (χ0) is 23.0. The summed E-state index contributed by atoms with van der Waals surface area (Å²) < 4.78 is 1.10. The molecular weight excluding hydrogens is 458 g/mol. The lowest BCUT2D eigenvalue weighted by atomic mass is 10.2. The highest BCUT2D eigenvalue weighted by Gasteiger charge is 2.43. The molecule has 4 aromatic rings. The molecule has 3 N–H and O–H groups in total. The van der Waals surface area contributed by atoms with Crippen molar-refractivity contribution in [1.29, 1.82) is 0 Å². The van der Waals surface area contributed by atoms with E-state index in [-0.39, 0.29) is 6.04 Å². The number of thiazole rings is 1. The SMILES string of the molecule is CC(C)Nc1cc(Nc2ccc3ncsc3c2)ncc1-c1nnc(C2(O)CCCN2C=O)s1. The van der Waals surface area contributed by atoms with E-state index >= 15 is 0 Å². The summed E-state index contributed by atoms with van der Waals surface area (Å²) in [5, 5.41) is 27.4. The van der Waals surface area contributed by atoms with Crippen molar-refractivity contribution in [2.45, 2.75) is 38.5 Å². The third-order valence-corrected chi connectivity index (χ3v) is 7.37. The number of amides is 1. The average molecular weight is 482 g/mol. The van der Waals surface area contributed by atoms with Gasteiger partial charge in [0.2, 0.25) is 6.41 Å². The fraction of sp³-hybridized carbons (Fsp3) is 0.318. The number of nitrogens with zero attached hydrogens (tertiary/aromatic N) is 5. The van der Waals surface area contributed by atoms with Gasteiger partial charge in [0.25, 0.3) is 0 Å². The van der Waals surface area contributed by atoms with Crippen molar-refractivity contribution in [2.75, 3.05) is 17.2 Å². The van der Waals surface area contributed by atoms with E-state index in [0.29, 0.717) is 35.2 Å². The first-order valence-corrected chi connectivity index (χ1v) is 12.3. The number of rotatable bonds is 7. The fourth-order valence-corrected chi connectivity index (χ4v) is 5.61. The topological polar surface area (TPSA) is 116 Å². The Morgan fingerprint density at radius 3 is 2.94 bits per heavy atom. The van der Waals surface area contributed by atoms with E-state index in [0.717, 1.165) is 33.6 Å². The van der Waals surface area contributed by atoms with Crippen LogP contribution in [0.3, 0.4) is 0 Å². The molecule has 0 radical (unpaired) electrons. The van der Waals surface area contributed by atoms with Gasteiger partial charge < -0.3 is 20.6 Å². The monoisotopic (exact) mass is 481 g/mol. The third-order valence-electron chi connectivity index (χ3n) is 5.48. The maximum Gasteiger partial charge on any atom is 0.212 e. The van der Waals surface area contributed by atoms with Gasteiger partial charge in [-0.15, -0.1) is 21.5 Å². The van der Waals surface area contributed by atoms with Crippen LogP contribution in [-0.2, 0) is 10.5 Å². The van der Waals surface area contributed by atoms with E-state index in [4.69, 9.17) is 0 Å². The molecule has 1 aliphatic heterocycles. The average Bonchev–Trinajstić information content (AvgIpc) is 3.53. The first-order chi connectivity index (χ1) is 16.0. The van der Waals surface area contributed by atoms with Crippen LogP contribution in [0.1, 0.15) is 31.7 Å². The van der Waals surface area contributed by atoms with Gasteiger partial charge in [0, 0.05) is 42.6 Å². The fourth-order valence-electron chi connectivity index (χ4n) is 3.89. The number of aliphatic hydroxyl groups is 1. The highest BCUT2D eigenvalue weighted by Crippen LogP contribution is 2.40. The van der Waals surface area contributed by atoms with Crippen LogP contribution in [-0.4, -0.2) is 49.2 Å². The number of aromatic nitrogens is 4. The number of likely N-dealkylation sites (tertiary alicyclic amines) is 1. The van der Waals surface area contributed by atoms with Crippen molar-refractivity contribution in [3.8, 4) is 10.6 Å². The Hall–Kier alpha value is -3.15. The van der Waals surface area contributed by atoms with Crippen molar-refractivity contribution in [3.63, 3.8) is 0 Å². The van der Waals surface area contributed by atoms with E-state index in [1.54, 1.807) is 17.5 Å². The van der Waals surface area contributed by atoms with E-state index in [9.17, 15) is 9.90 Å². The highest BCUT2D eigenvalue weighted by atomic mass is 32.1. The second-order valence-corrected chi connectivity index (χ2v) is 10.1. The van der Waals surface area contributed by atoms with Gasteiger partial charge in [0.05, 0.1) is 21.3 Å². The molecule has 4 heterocycles. The molecule has 170 valence electrons. The standard InChI is InChI=1S/C22H23N7O2S2/c1-13(2)25-17-9-19(26-14-4-5-16-18(8-14)32-11-24-16)23-10-15(17)20-27-28-21(33-20)22(31)6-3-7-29(22)12-30/h4-5,8-13,31H,3,6-7H2,1-2H3,(H2,23,25,26). The number of hydrogen-bond donors (Lipinski definition) is 3. The molecular formula is C22H23N7O2S2. The summed E-state index contributed by atoms with van der Waals surface area (Å²) in [6, 6.07) is 8.13. The normalized spacial score (nSPS) is 18.2. The van der Waals surface area contributed by atoms with Crippen LogP contribution in [0.25, 0.3) is 20.8 Å². The lowest BCUT2D eigenvalue weighted by Gasteiger charge is -2.27. The van der Waals surface area contributed by atoms with Gasteiger partial charge in [-0.1, -0.05) is 11.3 Å². The summed E-state index contributed by atoms with van der Waals surface area (Å²) in [5.41, 5.74) is 3.98. The minimum Gasteiger partial charge on any atom is -0.382 e. The molecule has 0 aliphatic carbocycles. The molecule has 1 fully saturated rings. The Bertz CT molecular complexity index is 1300. The van der Waals surface area contributed by atoms with Crippen LogP contribution in [0, 0.1) is 0 Å². The van der Waals surface area contributed by atoms with Gasteiger partial charge in [-0.2, -0.15) is 0 Å². The smallest absolute Gasteiger partial charge is 0.212 e. The first kappa shape index (κ1) is 21.7. The number of fused-ring (bicyclic) bond motifs is 1. The third kappa shape index (κ3) is 4.14. The Labute approximate surface area is 198 Å². The molecule has 0 spiro atoms. The maximum atomic E-state index is 11.4. The number of carbonyl (C=O) groups is 1. The summed E-state index contributed by atoms with van der Waals surface area (Å²) in [4.78, 5) is 21.7. The Kier molecular flexibility index (Phi) is 5.69. The van der Waals surface area contributed by atoms with E-state index < -0.39 is 5.72 Å². The molecule has 1 atom stereocenters. The maximum absolute atomic E-state index is 11.4. The Morgan fingerprint density at radius 2 is 2.12 bits per heavy atom. The van der Waals surface area contributed by atoms with Crippen LogP contribution >= 0.6 is 22.7 Å². The van der Waals surface area contributed by atoms with Crippen molar-refractivity contribution in [1.82, 2.24) is 25.1 Å². The lowest BCUT2D eigenvalue weighted by Crippen LogP contribution is -2.40. The van der Waals surface area contributed by atoms with Crippen LogP contribution in [0.15, 0.2) is 36.0 Å². The van der Waals surface area contributed by atoms with Crippen LogP contribution < -0.4 is 10.6 Å². The van der Waals surface area contributed by atoms with Gasteiger partial charge in [-0.3, -0.25) is 4.79 Å². The predicted octanol–water partition coefficient (Wildman–Crippen LogP) is 4.17. The second-order valence-electron chi connectivity index (χ2n) is 8.21. The highest BCUT2D eigenvalue weighted by molar-refractivity contribution is 7.16. The van der Waals surface area contributed by atoms with Crippen LogP contribution in [0.5, 0.6) is 0 Å². The molecule has 0 saturated carbocycles. The first-order valence-electron chi connectivity index (χ1n) is 10.6. The second kappa shape index (κ2) is 8.65. The van der Waals surface area contributed by atoms with Crippen LogP contribution in [0.4, 0.5) is 17.2 Å². The minimum absolute atomic E-state index is 0.185. The van der Waals surface area contributed by atoms with E-state index in [1.807, 2.05) is 23.7 Å². The van der Waals surface area contributed by atoms with Crippen molar-refractivity contribution in [2.24, 2.45) is 0 Å². The van der Waals surface area contributed by atoms with Crippen molar-refractivity contribution < 1.29 is 9.90 Å². The molecule has 5 rings (SSSR count). The molecule has 11 heteroatoms. The number of nitrogens with one attached hydrogen (secondary N) is 2. The number of benzene rings is 1. The summed E-state index contributed by atoms with van der Waals surface area (Å²) in [6.07, 6.45) is 3.59. The van der Waals surface area contributed by atoms with Crippen molar-refractivity contribution in [3.05, 3.63) is 41.0 Å². The van der Waals surface area contributed by atoms with Gasteiger partial charge >= 0.3 is 0 Å². The number of anilines is 3. The van der Waals surface area contributed by atoms with Gasteiger partial charge in [-0.25, -0.2) is 9.97 Å². The molecule has 33 heavy (non-hydrogen) atoms. The zero-order valence-corrected chi connectivity index (χ0v) is 19.8. The zero-order valence-electron chi connectivity index (χ0n) is 18.1. The van der Waals surface area contributed by atoms with Gasteiger partial charge in [0.1, 0.15) is 5.82 Å². The minimum atomic E-state index is -1.40. The summed E-state index contributed by atoms with van der Waals surface area (Å²) in [6.45, 7) is 4.62. The quantitative estimate of drug-likeness (QED) is 0.337. The molecule has 1 aliphatic rings. The van der Waals surface area contributed by atoms with E-state index in [2.05, 4.69) is 50.7 Å². The Morgan fingerprint density at radius 1 is 1.24 bits per heavy atom. The van der Waals surface area contributed by atoms with Crippen LogP contribution in [0.2, 0.25) is 0 Å². The van der Waals surface area contributed by atoms with Crippen molar-refractivity contribution >= 4 is 56.5 Å². The molecule has 1 amide bonds. The molecule has 9 nitrogen and oxygen atoms in total. The summed E-state index contributed by atoms with van der Waals surface area (Å²) in [5.74, 6) is 0.692. The van der Waals surface area contributed by atoms with Gasteiger partial charge in [-0.05, 0) is 38.5 Å². The Balaban J connectivity index is 1.46. The number of hydrogen-bond acceptors (Lipinski definition) is 10.